The van der Waals surface area contributed by atoms with Gasteiger partial charge in [0.25, 0.3) is 5.82 Å². The van der Waals surface area contributed by atoms with Crippen LogP contribution in [0.25, 0.3) is 26.8 Å². The first-order valence-electron chi connectivity index (χ1n) is 10.3. The number of para-hydroxylation sites is 1. The van der Waals surface area contributed by atoms with Gasteiger partial charge in [0.15, 0.2) is 10.8 Å². The SMILES string of the molecule is [C-]#[N+]c1cccc(Nc2cc(Nc3cccc(-c4nnn(C)n4)c3OC)c(-c3nnc(Cl)s3)cn2)n1. The van der Waals surface area contributed by atoms with E-state index in [-0.39, 0.29) is 5.82 Å². The number of aromatic nitrogens is 8. The molecule has 178 valence electrons. The highest BCUT2D eigenvalue weighted by Gasteiger charge is 2.18. The van der Waals surface area contributed by atoms with E-state index in [0.29, 0.717) is 55.2 Å². The summed E-state index contributed by atoms with van der Waals surface area (Å²) in [6.45, 7) is 7.18. The standard InChI is InChI=1S/C22H16ClN11OS/c1-24-16-8-5-9-17(27-16)28-18-10-15(13(11-25-18)21-30-31-22(23)36-21)26-14-7-4-6-12(19(14)35-3)20-29-33-34(2)32-20/h4-11H,2-3H3,(H2,25,26,27,28). The molecule has 4 heterocycles. The zero-order chi connectivity index (χ0) is 25.1. The Morgan fingerprint density at radius 3 is 2.61 bits per heavy atom. The number of benzene rings is 1. The summed E-state index contributed by atoms with van der Waals surface area (Å²) in [7, 11) is 3.26. The molecule has 0 saturated heterocycles. The first-order valence-corrected chi connectivity index (χ1v) is 11.5. The van der Waals surface area contributed by atoms with Crippen LogP contribution in [0.4, 0.5) is 28.8 Å². The van der Waals surface area contributed by atoms with Gasteiger partial charge in [-0.25, -0.2) is 4.98 Å². The molecule has 14 heteroatoms. The number of anilines is 4. The minimum Gasteiger partial charge on any atom is -0.494 e. The Kier molecular flexibility index (Phi) is 6.35. The van der Waals surface area contributed by atoms with Gasteiger partial charge in [-0.15, -0.1) is 25.4 Å². The molecule has 0 radical (unpaired) electrons. The van der Waals surface area contributed by atoms with Crippen LogP contribution in [-0.4, -0.2) is 47.5 Å². The van der Waals surface area contributed by atoms with Crippen LogP contribution in [-0.2, 0) is 7.05 Å². The Morgan fingerprint density at radius 1 is 1.03 bits per heavy atom. The van der Waals surface area contributed by atoms with Gasteiger partial charge in [0.2, 0.25) is 16.1 Å². The van der Waals surface area contributed by atoms with Crippen molar-refractivity contribution in [2.75, 3.05) is 17.7 Å². The zero-order valence-corrected chi connectivity index (χ0v) is 20.4. The second-order valence-electron chi connectivity index (χ2n) is 7.21. The second-order valence-corrected chi connectivity index (χ2v) is 8.77. The minimum atomic E-state index is 0.276. The lowest BCUT2D eigenvalue weighted by Gasteiger charge is -2.16. The Hall–Kier alpha value is -4.67. The van der Waals surface area contributed by atoms with Gasteiger partial charge >= 0.3 is 0 Å². The molecule has 0 saturated carbocycles. The van der Waals surface area contributed by atoms with Crippen LogP contribution in [0.3, 0.4) is 0 Å². The molecule has 0 fully saturated rings. The maximum Gasteiger partial charge on any atom is 0.271 e. The van der Waals surface area contributed by atoms with E-state index in [0.717, 1.165) is 0 Å². The predicted molar refractivity (Wildman–Crippen MR) is 136 cm³/mol. The normalized spacial score (nSPS) is 10.6. The number of hydrogen-bond donors (Lipinski definition) is 2. The molecule has 0 aliphatic heterocycles. The highest BCUT2D eigenvalue weighted by Crippen LogP contribution is 2.40. The molecule has 36 heavy (non-hydrogen) atoms. The van der Waals surface area contributed by atoms with Crippen molar-refractivity contribution in [1.82, 2.24) is 40.4 Å². The first-order chi connectivity index (χ1) is 17.5. The molecule has 2 N–H and O–H groups in total. The van der Waals surface area contributed by atoms with Crippen molar-refractivity contribution >= 4 is 51.8 Å². The first kappa shape index (κ1) is 23.1. The molecule has 1 aromatic carbocycles. The summed E-state index contributed by atoms with van der Waals surface area (Å²) < 4.78 is 6.03. The van der Waals surface area contributed by atoms with Gasteiger partial charge in [0.1, 0.15) is 5.82 Å². The summed E-state index contributed by atoms with van der Waals surface area (Å²) in [6.07, 6.45) is 1.65. The van der Waals surface area contributed by atoms with Crippen molar-refractivity contribution in [2.45, 2.75) is 0 Å². The minimum absolute atomic E-state index is 0.276. The van der Waals surface area contributed by atoms with E-state index in [4.69, 9.17) is 22.9 Å². The molecule has 5 aromatic rings. The van der Waals surface area contributed by atoms with Crippen molar-refractivity contribution < 1.29 is 4.74 Å². The number of nitrogens with one attached hydrogen (secondary N) is 2. The Labute approximate surface area is 213 Å². The number of ether oxygens (including phenoxy) is 1. The summed E-state index contributed by atoms with van der Waals surface area (Å²) >= 11 is 7.27. The number of nitrogens with zero attached hydrogens (tertiary/aromatic N) is 9. The average Bonchev–Trinajstić information content (AvgIpc) is 3.52. The topological polar surface area (TPSA) is 133 Å². The Morgan fingerprint density at radius 2 is 1.89 bits per heavy atom. The van der Waals surface area contributed by atoms with E-state index in [1.807, 2.05) is 18.2 Å². The molecular weight excluding hydrogens is 502 g/mol. The average molecular weight is 518 g/mol. The number of rotatable bonds is 7. The van der Waals surface area contributed by atoms with Crippen LogP contribution in [0.15, 0.2) is 48.7 Å². The van der Waals surface area contributed by atoms with Gasteiger partial charge in [-0.05, 0) is 35.0 Å². The number of aryl methyl sites for hydroxylation is 1. The van der Waals surface area contributed by atoms with Crippen molar-refractivity contribution in [1.29, 1.82) is 0 Å². The van der Waals surface area contributed by atoms with E-state index >= 15 is 0 Å². The van der Waals surface area contributed by atoms with Crippen LogP contribution in [0.5, 0.6) is 5.75 Å². The third-order valence-corrected chi connectivity index (χ3v) is 5.93. The molecule has 5 rings (SSSR count). The van der Waals surface area contributed by atoms with Gasteiger partial charge in [0.05, 0.1) is 36.7 Å². The maximum atomic E-state index is 7.18. The number of pyridine rings is 2. The van der Waals surface area contributed by atoms with Gasteiger partial charge in [0, 0.05) is 18.3 Å². The quantitative estimate of drug-likeness (QED) is 0.287. The summed E-state index contributed by atoms with van der Waals surface area (Å²) in [6, 6.07) is 12.5. The van der Waals surface area contributed by atoms with Crippen molar-refractivity contribution in [3.05, 3.63) is 64.5 Å². The number of halogens is 1. The van der Waals surface area contributed by atoms with Crippen LogP contribution in [0, 0.1) is 6.57 Å². The smallest absolute Gasteiger partial charge is 0.271 e. The molecule has 0 unspecified atom stereocenters. The van der Waals surface area contributed by atoms with Crippen molar-refractivity contribution in [3.8, 4) is 27.7 Å². The lowest BCUT2D eigenvalue weighted by Crippen LogP contribution is -2.02. The van der Waals surface area contributed by atoms with E-state index in [2.05, 4.69) is 51.1 Å². The van der Waals surface area contributed by atoms with Crippen LogP contribution in [0.2, 0.25) is 4.47 Å². The van der Waals surface area contributed by atoms with E-state index < -0.39 is 0 Å². The Balaban J connectivity index is 1.56. The molecular formula is C22H16ClN11OS. The summed E-state index contributed by atoms with van der Waals surface area (Å²) in [5, 5.41) is 27.5. The molecule has 4 aromatic heterocycles. The monoisotopic (exact) mass is 517 g/mol. The van der Waals surface area contributed by atoms with Crippen molar-refractivity contribution in [3.63, 3.8) is 0 Å². The van der Waals surface area contributed by atoms with Gasteiger partial charge in [-0.2, -0.15) is 4.80 Å². The van der Waals surface area contributed by atoms with Crippen LogP contribution in [0.1, 0.15) is 0 Å². The molecule has 12 nitrogen and oxygen atoms in total. The number of hydrogen-bond acceptors (Lipinski definition) is 11. The van der Waals surface area contributed by atoms with Crippen LogP contribution < -0.4 is 15.4 Å². The van der Waals surface area contributed by atoms with Crippen LogP contribution >= 0.6 is 22.9 Å². The lowest BCUT2D eigenvalue weighted by molar-refractivity contribution is 0.418. The Bertz CT molecular complexity index is 1590. The fourth-order valence-electron chi connectivity index (χ4n) is 3.37. The highest BCUT2D eigenvalue weighted by molar-refractivity contribution is 7.18. The van der Waals surface area contributed by atoms with E-state index in [1.54, 1.807) is 44.6 Å². The molecule has 0 aliphatic carbocycles. The summed E-state index contributed by atoms with van der Waals surface area (Å²) in [5.41, 5.74) is 2.66. The summed E-state index contributed by atoms with van der Waals surface area (Å²) in [5.74, 6) is 2.22. The number of tetrazole rings is 1. The molecule has 0 atom stereocenters. The molecule has 0 spiro atoms. The maximum absolute atomic E-state index is 7.18. The highest BCUT2D eigenvalue weighted by atomic mass is 35.5. The molecule has 0 bridgehead atoms. The molecule has 0 aliphatic rings. The van der Waals surface area contributed by atoms with Gasteiger partial charge in [-0.1, -0.05) is 30.0 Å². The largest absolute Gasteiger partial charge is 0.494 e. The van der Waals surface area contributed by atoms with E-state index in [9.17, 15) is 0 Å². The summed E-state index contributed by atoms with van der Waals surface area (Å²) in [4.78, 5) is 13.5. The predicted octanol–water partition coefficient (Wildman–Crippen LogP) is 4.89. The fourth-order valence-corrected chi connectivity index (χ4v) is 4.22. The van der Waals surface area contributed by atoms with E-state index in [1.165, 1.54) is 16.1 Å². The second kappa shape index (κ2) is 9.90. The number of methoxy groups -OCH3 is 1. The fraction of sp³-hybridized carbons (Fsp3) is 0.0909. The van der Waals surface area contributed by atoms with Gasteiger partial charge in [-0.3, -0.25) is 0 Å². The third-order valence-electron chi connectivity index (χ3n) is 4.88. The van der Waals surface area contributed by atoms with Gasteiger partial charge < -0.3 is 20.2 Å². The van der Waals surface area contributed by atoms with Crippen molar-refractivity contribution in [2.24, 2.45) is 7.05 Å². The lowest BCUT2D eigenvalue weighted by atomic mass is 10.1. The molecule has 0 amide bonds. The zero-order valence-electron chi connectivity index (χ0n) is 18.8. The third kappa shape index (κ3) is 4.76.